The van der Waals surface area contributed by atoms with Crippen molar-refractivity contribution in [2.45, 2.75) is 219 Å². The van der Waals surface area contributed by atoms with E-state index in [0.717, 1.165) is 38.8 Å². The minimum Gasteiger partial charge on any atom is -1.00 e. The average molecular weight is 689 g/mol. The summed E-state index contributed by atoms with van der Waals surface area (Å²) in [7, 11) is 2.06. The van der Waals surface area contributed by atoms with Gasteiger partial charge in [-0.2, -0.15) is 0 Å². The molecule has 0 fully saturated rings. The maximum Gasteiger partial charge on any atom is 0.574 e. The summed E-state index contributed by atoms with van der Waals surface area (Å²) in [6.45, 7) is 6.94. The highest BCUT2D eigenvalue weighted by Crippen LogP contribution is 2.15. The van der Waals surface area contributed by atoms with Crippen molar-refractivity contribution in [2.24, 2.45) is 0 Å². The number of halogens is 1. The first kappa shape index (κ1) is 48.3. The molecule has 0 saturated carbocycles. The normalized spacial score (nSPS) is 11.7. The van der Waals surface area contributed by atoms with Crippen LogP contribution in [0.15, 0.2) is 0 Å². The van der Waals surface area contributed by atoms with Gasteiger partial charge in [0, 0.05) is 11.2 Å². The largest absolute Gasteiger partial charge is 1.00 e. The highest BCUT2D eigenvalue weighted by molar-refractivity contribution is 5.69. The molecule has 0 spiro atoms. The second-order valence-corrected chi connectivity index (χ2v) is 14.3. The Labute approximate surface area is 300 Å². The van der Waals surface area contributed by atoms with Crippen molar-refractivity contribution >= 4 is 11.9 Å². The van der Waals surface area contributed by atoms with Gasteiger partial charge >= 0.3 is 11.9 Å². The Bertz CT molecular complexity index is 581. The van der Waals surface area contributed by atoms with Crippen molar-refractivity contribution in [3.63, 3.8) is 0 Å². The van der Waals surface area contributed by atoms with E-state index in [0.29, 0.717) is 26.1 Å². The third-order valence-electron chi connectivity index (χ3n) is 9.55. The Hall–Kier alpha value is -0.810. The summed E-state index contributed by atoms with van der Waals surface area (Å²) in [4.78, 5) is 25.3. The molecule has 0 aliphatic rings. The van der Waals surface area contributed by atoms with Gasteiger partial charge in [-0.1, -0.05) is 194 Å². The summed E-state index contributed by atoms with van der Waals surface area (Å²) in [5.41, 5.74) is 0. The van der Waals surface area contributed by atoms with E-state index >= 15 is 0 Å². The smallest absolute Gasteiger partial charge is 0.574 e. The zero-order valence-electron chi connectivity index (χ0n) is 32.0. The van der Waals surface area contributed by atoms with Crippen molar-refractivity contribution < 1.29 is 36.4 Å². The van der Waals surface area contributed by atoms with Crippen molar-refractivity contribution in [1.82, 2.24) is 0 Å². The van der Waals surface area contributed by atoms with Crippen LogP contribution < -0.4 is 17.3 Å². The zero-order valence-corrected chi connectivity index (χ0v) is 32.7. The molecule has 0 aromatic carbocycles. The minimum atomic E-state index is -0.0718. The summed E-state index contributed by atoms with van der Waals surface area (Å²) in [5.74, 6) is -0.144. The lowest BCUT2D eigenvalue weighted by Crippen LogP contribution is -3.10. The minimum absolute atomic E-state index is 0. The Morgan fingerprint density at radius 3 is 1.06 bits per heavy atom. The number of quaternary nitrogens is 1. The van der Waals surface area contributed by atoms with E-state index in [4.69, 9.17) is 9.47 Å². The van der Waals surface area contributed by atoms with E-state index in [1.54, 1.807) is 0 Å². The molecule has 0 rings (SSSR count). The first-order valence-corrected chi connectivity index (χ1v) is 20.7. The number of carbonyl (C=O) groups excluding carboxylic acids is 2. The van der Waals surface area contributed by atoms with Crippen LogP contribution in [0.3, 0.4) is 0 Å². The van der Waals surface area contributed by atoms with Gasteiger partial charge in [0.1, 0.15) is 26.1 Å². The molecule has 0 atom stereocenters. The Kier molecular flexibility index (Phi) is 42.5. The monoisotopic (exact) mass is 688 g/mol. The van der Waals surface area contributed by atoms with E-state index in [1.165, 1.54) is 172 Å². The third kappa shape index (κ3) is 41.3. The van der Waals surface area contributed by atoms with E-state index in [2.05, 4.69) is 20.9 Å². The number of nitrogens with one attached hydrogen (secondary N) is 1. The molecule has 281 valence electrons. The lowest BCUT2D eigenvalue weighted by molar-refractivity contribution is -0.880. The lowest BCUT2D eigenvalue weighted by Gasteiger charge is -2.12. The fourth-order valence-electron chi connectivity index (χ4n) is 6.23. The molecule has 0 unspecified atom stereocenters. The molecule has 6 heteroatoms. The SMILES string of the molecule is CCCCCCCCCCCCCCCCCC(=O)OCC[NH+](C)CCOC(=[O+])CCCCCCCCCCCCCCCCC.[Cl-]. The number of esters is 2. The van der Waals surface area contributed by atoms with Gasteiger partial charge in [0.05, 0.1) is 7.05 Å². The molecular weight excluding hydrogens is 606 g/mol. The highest BCUT2D eigenvalue weighted by Gasteiger charge is 2.17. The van der Waals surface area contributed by atoms with Gasteiger partial charge in [0.2, 0.25) is 6.61 Å². The highest BCUT2D eigenvalue weighted by atomic mass is 35.5. The third-order valence-corrected chi connectivity index (χ3v) is 9.55. The number of carbonyl (C=O) groups is 2. The number of hydrogen-bond donors (Lipinski definition) is 1. The predicted octanol–water partition coefficient (Wildman–Crippen LogP) is 8.11. The number of rotatable bonds is 38. The number of hydrogen-bond acceptors (Lipinski definition) is 4. The quantitative estimate of drug-likeness (QED) is 0.0405. The van der Waals surface area contributed by atoms with Crippen LogP contribution in [-0.4, -0.2) is 45.3 Å². The van der Waals surface area contributed by atoms with E-state index in [-0.39, 0.29) is 24.3 Å². The summed E-state index contributed by atoms with van der Waals surface area (Å²) in [5, 5.41) is 0. The van der Waals surface area contributed by atoms with Crippen LogP contribution in [0.25, 0.3) is 0 Å². The van der Waals surface area contributed by atoms with Crippen LogP contribution in [0.2, 0.25) is 0 Å². The molecule has 0 aliphatic carbocycles. The maximum absolute atomic E-state index is 12.0. The van der Waals surface area contributed by atoms with Gasteiger partial charge in [-0.15, -0.1) is 0 Å². The molecule has 0 aromatic heterocycles. The molecule has 0 aliphatic heterocycles. The fourth-order valence-corrected chi connectivity index (χ4v) is 6.23. The first-order chi connectivity index (χ1) is 22.6. The zero-order chi connectivity index (χ0) is 33.6. The van der Waals surface area contributed by atoms with Crippen molar-refractivity contribution in [2.75, 3.05) is 33.4 Å². The first-order valence-electron chi connectivity index (χ1n) is 20.7. The van der Waals surface area contributed by atoms with Gasteiger partial charge in [-0.3, -0.25) is 4.79 Å². The van der Waals surface area contributed by atoms with Gasteiger partial charge in [0.25, 0.3) is 0 Å². The van der Waals surface area contributed by atoms with Crippen LogP contribution in [0.5, 0.6) is 0 Å². The fraction of sp³-hybridized carbons (Fsp3) is 0.951. The molecule has 5 nitrogen and oxygen atoms in total. The average Bonchev–Trinajstić information content (AvgIpc) is 3.04. The van der Waals surface area contributed by atoms with Crippen LogP contribution in [0, 0.1) is 0 Å². The van der Waals surface area contributed by atoms with Gasteiger partial charge < -0.3 is 26.8 Å². The Morgan fingerprint density at radius 2 is 0.723 bits per heavy atom. The van der Waals surface area contributed by atoms with Gasteiger partial charge in [-0.05, 0) is 12.8 Å². The van der Waals surface area contributed by atoms with Gasteiger partial charge in [0.15, 0.2) is 0 Å². The van der Waals surface area contributed by atoms with E-state index in [1.807, 2.05) is 0 Å². The van der Waals surface area contributed by atoms with Crippen molar-refractivity contribution in [1.29, 1.82) is 0 Å². The molecule has 47 heavy (non-hydrogen) atoms. The number of unbranched alkanes of at least 4 members (excludes halogenated alkanes) is 28. The van der Waals surface area contributed by atoms with E-state index < -0.39 is 0 Å². The van der Waals surface area contributed by atoms with Crippen LogP contribution in [-0.2, 0) is 19.1 Å². The van der Waals surface area contributed by atoms with Crippen molar-refractivity contribution in [3.05, 3.63) is 0 Å². The molecule has 0 amide bonds. The molecule has 0 saturated heterocycles. The Balaban J connectivity index is 0. The molecule has 1 radical (unpaired) electrons. The topological polar surface area (TPSA) is 59.9 Å². The summed E-state index contributed by atoms with van der Waals surface area (Å²) >= 11 is 0. The summed E-state index contributed by atoms with van der Waals surface area (Å²) in [6.07, 6.45) is 41.0. The number of ether oxygens (including phenoxy) is 2. The van der Waals surface area contributed by atoms with Crippen LogP contribution in [0.4, 0.5) is 0 Å². The second-order valence-electron chi connectivity index (χ2n) is 14.3. The van der Waals surface area contributed by atoms with Crippen LogP contribution in [0.1, 0.15) is 219 Å². The molecule has 0 heterocycles. The molecule has 0 bridgehead atoms. The van der Waals surface area contributed by atoms with Crippen LogP contribution >= 0.6 is 0 Å². The lowest BCUT2D eigenvalue weighted by atomic mass is 10.0. The van der Waals surface area contributed by atoms with Crippen molar-refractivity contribution in [3.8, 4) is 0 Å². The van der Waals surface area contributed by atoms with Gasteiger partial charge in [-0.25, -0.2) is 0 Å². The standard InChI is InChI=1S/C41H81NO4.ClH/c1-4-6-8-10-12-14-16-18-20-22-24-26-28-30-32-34-40(43)45-38-36-42(3)37-39-46-41(44)35-33-31-29-27-25-23-21-19-17-15-13-11-9-7-5-2;/h4-39H2,1-3H3;1H/q+1;. The number of likely N-dealkylation sites (N-methyl/N-ethyl adjacent to an activating group) is 1. The molecule has 0 aromatic rings. The Morgan fingerprint density at radius 1 is 0.447 bits per heavy atom. The molecule has 1 N–H and O–H groups in total. The summed E-state index contributed by atoms with van der Waals surface area (Å²) < 4.78 is 10.9. The van der Waals surface area contributed by atoms with E-state index in [9.17, 15) is 9.59 Å². The maximum atomic E-state index is 12.0. The molecular formula is C41H82ClNO4+. The predicted molar refractivity (Wildman–Crippen MR) is 198 cm³/mol. The second kappa shape index (κ2) is 41.4. The summed E-state index contributed by atoms with van der Waals surface area (Å²) in [6, 6.07) is 0.